The lowest BCUT2D eigenvalue weighted by Crippen LogP contribution is -2.03. The number of hydrogen-bond acceptors (Lipinski definition) is 16. The van der Waals surface area contributed by atoms with Gasteiger partial charge < -0.3 is 48.5 Å². The van der Waals surface area contributed by atoms with Gasteiger partial charge in [0.1, 0.15) is 46.0 Å². The van der Waals surface area contributed by atoms with Crippen LogP contribution in [0.25, 0.3) is 12.2 Å². The second kappa shape index (κ2) is 20.1. The first-order valence-electron chi connectivity index (χ1n) is 19.6. The number of nitrogens with one attached hydrogen (secondary N) is 2. The summed E-state index contributed by atoms with van der Waals surface area (Å²) in [5.41, 5.74) is 3.40. The molecule has 320 valence electrons. The van der Waals surface area contributed by atoms with Gasteiger partial charge in [0.05, 0.1) is 28.4 Å². The minimum Gasteiger partial charge on any atom is -0.497 e. The van der Waals surface area contributed by atoms with Crippen molar-refractivity contribution in [3.63, 3.8) is 0 Å². The summed E-state index contributed by atoms with van der Waals surface area (Å²) in [4.78, 5) is 26.7. The van der Waals surface area contributed by atoms with Crippen LogP contribution in [0.1, 0.15) is 11.1 Å². The predicted octanol–water partition coefficient (Wildman–Crippen LogP) is 10.9. The van der Waals surface area contributed by atoms with E-state index in [0.29, 0.717) is 46.0 Å². The minimum absolute atomic E-state index is 0.0345. The second-order valence-corrected chi connectivity index (χ2v) is 13.4. The minimum atomic E-state index is 0.0345. The Morgan fingerprint density at radius 1 is 0.297 bits per heavy atom. The van der Waals surface area contributed by atoms with Crippen LogP contribution in [0.2, 0.25) is 0 Å². The Balaban J connectivity index is 0.935. The van der Waals surface area contributed by atoms with E-state index in [4.69, 9.17) is 37.9 Å². The molecule has 6 aromatic carbocycles. The van der Waals surface area contributed by atoms with Crippen molar-refractivity contribution < 1.29 is 37.9 Å². The van der Waals surface area contributed by atoms with Crippen LogP contribution in [0.4, 0.5) is 23.3 Å². The Labute approximate surface area is 368 Å². The molecule has 8 aromatic rings. The molecule has 0 aliphatic heterocycles. The monoisotopic (exact) mass is 856 g/mol. The van der Waals surface area contributed by atoms with Crippen LogP contribution in [0.5, 0.6) is 70.0 Å². The first kappa shape index (κ1) is 41.8. The molecule has 0 saturated heterocycles. The molecule has 2 aromatic heterocycles. The normalized spacial score (nSPS) is 10.8. The number of aromatic nitrogens is 6. The maximum Gasteiger partial charge on any atom is 0.330 e. The molecule has 16 heteroatoms. The Hall–Kier alpha value is -8.92. The lowest BCUT2D eigenvalue weighted by atomic mass is 10.1. The van der Waals surface area contributed by atoms with E-state index < -0.39 is 0 Å². The molecule has 0 atom stereocenters. The molecular weight excluding hydrogens is 817 g/mol. The molecule has 0 radical (unpaired) electrons. The average molecular weight is 857 g/mol. The zero-order chi connectivity index (χ0) is 44.1. The number of ether oxygens (including phenoxy) is 8. The summed E-state index contributed by atoms with van der Waals surface area (Å²) in [6, 6.07) is 43.9. The van der Waals surface area contributed by atoms with E-state index in [1.807, 2.05) is 60.7 Å². The fourth-order valence-corrected chi connectivity index (χ4v) is 5.77. The lowest BCUT2D eigenvalue weighted by molar-refractivity contribution is 0.393. The average Bonchev–Trinajstić information content (AvgIpc) is 3.32. The van der Waals surface area contributed by atoms with E-state index in [0.717, 1.165) is 22.5 Å². The second-order valence-electron chi connectivity index (χ2n) is 13.4. The Bertz CT molecular complexity index is 2470. The highest BCUT2D eigenvalue weighted by atomic mass is 16.5. The van der Waals surface area contributed by atoms with Gasteiger partial charge in [0.25, 0.3) is 0 Å². The van der Waals surface area contributed by atoms with Gasteiger partial charge in [0, 0.05) is 11.4 Å². The van der Waals surface area contributed by atoms with Gasteiger partial charge in [-0.2, -0.15) is 19.9 Å². The molecular formula is C48H40N8O8. The molecule has 16 nitrogen and oxygen atoms in total. The molecule has 0 aliphatic rings. The first-order valence-corrected chi connectivity index (χ1v) is 19.6. The molecule has 0 bridgehead atoms. The number of nitrogens with zero attached hydrogens (tertiary/aromatic N) is 6. The van der Waals surface area contributed by atoms with Gasteiger partial charge in [-0.25, -0.2) is 0 Å². The topological polar surface area (TPSA) is 175 Å². The summed E-state index contributed by atoms with van der Waals surface area (Å²) in [5.74, 6) is 5.23. The summed E-state index contributed by atoms with van der Waals surface area (Å²) in [5, 5.41) is 6.45. The van der Waals surface area contributed by atoms with E-state index in [-0.39, 0.29) is 35.9 Å². The van der Waals surface area contributed by atoms with Crippen LogP contribution < -0.4 is 48.5 Å². The Morgan fingerprint density at radius 2 is 0.531 bits per heavy atom. The van der Waals surface area contributed by atoms with E-state index in [9.17, 15) is 0 Å². The Morgan fingerprint density at radius 3 is 0.766 bits per heavy atom. The maximum absolute atomic E-state index is 5.97. The third-order valence-electron chi connectivity index (χ3n) is 9.06. The van der Waals surface area contributed by atoms with Crippen molar-refractivity contribution in [1.29, 1.82) is 0 Å². The zero-order valence-electron chi connectivity index (χ0n) is 35.0. The standard InChI is InChI=1S/C48H40N8O8/c1-57-35-15-23-39(24-16-35)61-45-51-43(52-46(55-45)62-40-25-17-36(58-2)18-26-40)49-33-11-7-31(8-12-33)5-6-32-9-13-34(14-10-32)50-44-53-47(63-41-27-19-37(59-3)20-28-41)56-48(54-44)64-42-29-21-38(60-4)22-30-42/h5-30H,1-4H3,(H,49,51,52,55)(H,50,53,54,56). The molecule has 0 saturated carbocycles. The van der Waals surface area contributed by atoms with Crippen LogP contribution in [0.3, 0.4) is 0 Å². The van der Waals surface area contributed by atoms with E-state index in [1.165, 1.54) is 0 Å². The highest BCUT2D eigenvalue weighted by molar-refractivity contribution is 5.72. The van der Waals surface area contributed by atoms with Gasteiger partial charge in [-0.05, 0) is 132 Å². The van der Waals surface area contributed by atoms with Crippen molar-refractivity contribution in [2.45, 2.75) is 0 Å². The largest absolute Gasteiger partial charge is 0.497 e. The third-order valence-corrected chi connectivity index (χ3v) is 9.06. The van der Waals surface area contributed by atoms with Crippen LogP contribution in [-0.2, 0) is 0 Å². The smallest absolute Gasteiger partial charge is 0.330 e. The number of methoxy groups -OCH3 is 4. The molecule has 2 heterocycles. The highest BCUT2D eigenvalue weighted by Crippen LogP contribution is 2.30. The molecule has 0 amide bonds. The Kier molecular flexibility index (Phi) is 13.1. The molecule has 0 spiro atoms. The van der Waals surface area contributed by atoms with E-state index >= 15 is 0 Å². The highest BCUT2D eigenvalue weighted by Gasteiger charge is 2.14. The van der Waals surface area contributed by atoms with Gasteiger partial charge in [0.2, 0.25) is 11.9 Å². The van der Waals surface area contributed by atoms with Crippen LogP contribution in [0.15, 0.2) is 146 Å². The zero-order valence-corrected chi connectivity index (χ0v) is 35.0. The first-order chi connectivity index (χ1) is 31.4. The van der Waals surface area contributed by atoms with Gasteiger partial charge in [0.15, 0.2) is 0 Å². The van der Waals surface area contributed by atoms with Gasteiger partial charge >= 0.3 is 24.0 Å². The number of hydrogen-bond donors (Lipinski definition) is 2. The fraction of sp³-hybridized carbons (Fsp3) is 0.0833. The summed E-state index contributed by atoms with van der Waals surface area (Å²) < 4.78 is 44.9. The summed E-state index contributed by atoms with van der Waals surface area (Å²) in [7, 11) is 6.39. The van der Waals surface area contributed by atoms with Gasteiger partial charge in [-0.1, -0.05) is 36.4 Å². The van der Waals surface area contributed by atoms with Gasteiger partial charge in [-0.3, -0.25) is 0 Å². The quantitative estimate of drug-likeness (QED) is 0.0779. The van der Waals surface area contributed by atoms with E-state index in [1.54, 1.807) is 126 Å². The molecule has 2 N–H and O–H groups in total. The molecule has 8 rings (SSSR count). The third kappa shape index (κ3) is 11.5. The number of rotatable bonds is 18. The van der Waals surface area contributed by atoms with Crippen molar-refractivity contribution in [2.24, 2.45) is 0 Å². The number of benzene rings is 6. The molecule has 0 aliphatic carbocycles. The summed E-state index contributed by atoms with van der Waals surface area (Å²) in [6.07, 6.45) is 4.02. The van der Waals surface area contributed by atoms with Crippen LogP contribution in [-0.4, -0.2) is 58.3 Å². The number of anilines is 4. The van der Waals surface area contributed by atoms with Crippen molar-refractivity contribution in [3.8, 4) is 70.0 Å². The van der Waals surface area contributed by atoms with Crippen molar-refractivity contribution in [1.82, 2.24) is 29.9 Å². The fourth-order valence-electron chi connectivity index (χ4n) is 5.77. The van der Waals surface area contributed by atoms with Gasteiger partial charge in [-0.15, -0.1) is 9.97 Å². The van der Waals surface area contributed by atoms with Crippen LogP contribution >= 0.6 is 0 Å². The predicted molar refractivity (Wildman–Crippen MR) is 240 cm³/mol. The van der Waals surface area contributed by atoms with Crippen molar-refractivity contribution in [3.05, 3.63) is 157 Å². The summed E-state index contributed by atoms with van der Waals surface area (Å²) in [6.45, 7) is 0. The summed E-state index contributed by atoms with van der Waals surface area (Å²) >= 11 is 0. The molecule has 64 heavy (non-hydrogen) atoms. The van der Waals surface area contributed by atoms with Crippen LogP contribution in [0, 0.1) is 0 Å². The van der Waals surface area contributed by atoms with Crippen molar-refractivity contribution >= 4 is 35.4 Å². The van der Waals surface area contributed by atoms with E-state index in [2.05, 4.69) is 40.5 Å². The SMILES string of the molecule is COc1ccc(Oc2nc(Nc3ccc(C=Cc4ccc(Nc5nc(Oc6ccc(OC)cc6)nc(Oc6ccc(OC)cc6)n5)cc4)cc3)nc(Oc3ccc(OC)cc3)n2)cc1. The maximum atomic E-state index is 5.97. The molecule has 0 fully saturated rings. The lowest BCUT2D eigenvalue weighted by Gasteiger charge is -2.11. The van der Waals surface area contributed by atoms with Crippen molar-refractivity contribution in [2.75, 3.05) is 39.1 Å². The molecule has 0 unspecified atom stereocenters.